The van der Waals surface area contributed by atoms with Crippen LogP contribution in [-0.4, -0.2) is 40.3 Å². The molecule has 1 rings (SSSR count). The highest BCUT2D eigenvalue weighted by atomic mass is 16.6. The van der Waals surface area contributed by atoms with Crippen molar-refractivity contribution in [2.45, 2.75) is 44.9 Å². The first-order valence-electron chi connectivity index (χ1n) is 4.97. The van der Waals surface area contributed by atoms with Crippen LogP contribution in [-0.2, 0) is 14.3 Å². The minimum Gasteiger partial charge on any atom is -0.456 e. The van der Waals surface area contributed by atoms with E-state index in [9.17, 15) is 14.7 Å². The number of esters is 1. The van der Waals surface area contributed by atoms with Crippen molar-refractivity contribution in [2.75, 3.05) is 6.54 Å². The van der Waals surface area contributed by atoms with Crippen LogP contribution in [0.1, 0.15) is 33.6 Å². The van der Waals surface area contributed by atoms with Gasteiger partial charge in [0.25, 0.3) is 0 Å². The predicted molar refractivity (Wildman–Crippen MR) is 52.8 cm³/mol. The smallest absolute Gasteiger partial charge is 0.360 e. The summed E-state index contributed by atoms with van der Waals surface area (Å²) in [6, 6.07) is 0. The third-order valence-electron chi connectivity index (χ3n) is 2.25. The molecular weight excluding hydrogens is 198 g/mol. The Morgan fingerprint density at radius 1 is 1.53 bits per heavy atom. The molecule has 1 aliphatic rings. The van der Waals surface area contributed by atoms with Crippen LogP contribution < -0.4 is 0 Å². The van der Waals surface area contributed by atoms with Crippen LogP contribution >= 0.6 is 0 Å². The number of aliphatic hydroxyl groups is 1. The fourth-order valence-corrected chi connectivity index (χ4v) is 1.54. The highest BCUT2D eigenvalue weighted by Gasteiger charge is 2.48. The van der Waals surface area contributed by atoms with Crippen molar-refractivity contribution in [1.29, 1.82) is 0 Å². The van der Waals surface area contributed by atoms with Gasteiger partial charge in [0.2, 0.25) is 12.1 Å². The van der Waals surface area contributed by atoms with Gasteiger partial charge in [-0.3, -0.25) is 4.79 Å². The lowest BCUT2D eigenvalue weighted by molar-refractivity contribution is -0.194. The zero-order valence-corrected chi connectivity index (χ0v) is 9.32. The summed E-state index contributed by atoms with van der Waals surface area (Å²) in [5.74, 6) is -0.750. The van der Waals surface area contributed by atoms with Gasteiger partial charge in [0.05, 0.1) is 0 Å². The van der Waals surface area contributed by atoms with E-state index in [2.05, 4.69) is 0 Å². The Kier molecular flexibility index (Phi) is 3.04. The third-order valence-corrected chi connectivity index (χ3v) is 2.25. The molecule has 1 amide bonds. The van der Waals surface area contributed by atoms with Gasteiger partial charge in [-0.05, 0) is 27.2 Å². The Labute approximate surface area is 89.0 Å². The largest absolute Gasteiger partial charge is 0.456 e. The molecular formula is C10H17NO4. The summed E-state index contributed by atoms with van der Waals surface area (Å²) >= 11 is 0. The topological polar surface area (TPSA) is 66.8 Å². The van der Waals surface area contributed by atoms with Gasteiger partial charge in [-0.15, -0.1) is 0 Å². The molecule has 0 saturated carbocycles. The van der Waals surface area contributed by atoms with Crippen molar-refractivity contribution in [3.05, 3.63) is 0 Å². The van der Waals surface area contributed by atoms with E-state index in [1.807, 2.05) is 0 Å². The number of likely N-dealkylation sites (tertiary alicyclic amines) is 1. The van der Waals surface area contributed by atoms with Crippen LogP contribution in [0.2, 0.25) is 0 Å². The molecule has 0 aromatic heterocycles. The molecule has 1 N–H and O–H groups in total. The van der Waals surface area contributed by atoms with E-state index in [4.69, 9.17) is 4.74 Å². The summed E-state index contributed by atoms with van der Waals surface area (Å²) in [7, 11) is 0. The summed E-state index contributed by atoms with van der Waals surface area (Å²) in [6.45, 7) is 5.54. The fraction of sp³-hybridized carbons (Fsp3) is 0.800. The molecule has 1 aliphatic heterocycles. The molecule has 1 saturated heterocycles. The van der Waals surface area contributed by atoms with Crippen molar-refractivity contribution in [1.82, 2.24) is 4.90 Å². The van der Waals surface area contributed by atoms with Gasteiger partial charge in [-0.2, -0.15) is 0 Å². The van der Waals surface area contributed by atoms with Crippen molar-refractivity contribution in [3.8, 4) is 0 Å². The molecule has 0 aromatic rings. The molecule has 1 unspecified atom stereocenters. The Bertz CT molecular complexity index is 271. The van der Waals surface area contributed by atoms with Crippen LogP contribution in [0.3, 0.4) is 0 Å². The van der Waals surface area contributed by atoms with E-state index >= 15 is 0 Å². The SMILES string of the molecule is CC(C)(C)OC(=O)C1(O)CCCN1C=O. The van der Waals surface area contributed by atoms with E-state index < -0.39 is 17.3 Å². The molecule has 5 nitrogen and oxygen atoms in total. The van der Waals surface area contributed by atoms with Crippen molar-refractivity contribution >= 4 is 12.4 Å². The highest BCUT2D eigenvalue weighted by molar-refractivity contribution is 5.82. The first-order chi connectivity index (χ1) is 6.79. The van der Waals surface area contributed by atoms with Crippen LogP contribution in [0.15, 0.2) is 0 Å². The van der Waals surface area contributed by atoms with E-state index in [1.165, 1.54) is 0 Å². The standard InChI is InChI=1S/C10H17NO4/c1-9(2,3)15-8(13)10(14)5-4-6-11(10)7-12/h7,14H,4-6H2,1-3H3. The summed E-state index contributed by atoms with van der Waals surface area (Å²) in [6.07, 6.45) is 1.33. The lowest BCUT2D eigenvalue weighted by atomic mass is 10.1. The molecule has 15 heavy (non-hydrogen) atoms. The number of ether oxygens (including phenoxy) is 1. The minimum absolute atomic E-state index is 0.237. The van der Waals surface area contributed by atoms with Gasteiger partial charge in [-0.25, -0.2) is 4.79 Å². The normalized spacial score (nSPS) is 26.5. The van der Waals surface area contributed by atoms with E-state index in [0.717, 1.165) is 4.90 Å². The Hall–Kier alpha value is -1.10. The highest BCUT2D eigenvalue weighted by Crippen LogP contribution is 2.28. The zero-order valence-electron chi connectivity index (χ0n) is 9.32. The Morgan fingerprint density at radius 2 is 2.13 bits per heavy atom. The monoisotopic (exact) mass is 215 g/mol. The van der Waals surface area contributed by atoms with Gasteiger partial charge in [-0.1, -0.05) is 0 Å². The number of hydrogen-bond donors (Lipinski definition) is 1. The molecule has 1 atom stereocenters. The summed E-state index contributed by atoms with van der Waals surface area (Å²) in [5.41, 5.74) is -2.43. The van der Waals surface area contributed by atoms with E-state index in [0.29, 0.717) is 19.4 Å². The van der Waals surface area contributed by atoms with Gasteiger partial charge in [0.15, 0.2) is 0 Å². The molecule has 0 spiro atoms. The molecule has 0 aliphatic carbocycles. The van der Waals surface area contributed by atoms with Crippen molar-refractivity contribution in [3.63, 3.8) is 0 Å². The molecule has 1 heterocycles. The van der Waals surface area contributed by atoms with Crippen molar-refractivity contribution < 1.29 is 19.4 Å². The average Bonchev–Trinajstić information content (AvgIpc) is 2.45. The van der Waals surface area contributed by atoms with Gasteiger partial charge < -0.3 is 14.7 Å². The van der Waals surface area contributed by atoms with Crippen LogP contribution in [0.4, 0.5) is 0 Å². The maximum absolute atomic E-state index is 11.7. The first kappa shape index (κ1) is 12.0. The number of rotatable bonds is 2. The average molecular weight is 215 g/mol. The number of carbonyl (C=O) groups is 2. The number of carbonyl (C=O) groups excluding carboxylic acids is 2. The maximum Gasteiger partial charge on any atom is 0.360 e. The minimum atomic E-state index is -1.77. The quantitative estimate of drug-likeness (QED) is 0.530. The summed E-state index contributed by atoms with van der Waals surface area (Å²) < 4.78 is 5.07. The molecule has 86 valence electrons. The van der Waals surface area contributed by atoms with Crippen LogP contribution in [0.5, 0.6) is 0 Å². The molecule has 1 fully saturated rings. The lowest BCUT2D eigenvalue weighted by Gasteiger charge is -2.31. The van der Waals surface area contributed by atoms with Gasteiger partial charge in [0, 0.05) is 13.0 Å². The van der Waals surface area contributed by atoms with E-state index in [-0.39, 0.29) is 6.42 Å². The maximum atomic E-state index is 11.7. The Balaban J connectivity index is 2.77. The number of hydrogen-bond acceptors (Lipinski definition) is 4. The lowest BCUT2D eigenvalue weighted by Crippen LogP contribution is -2.52. The second kappa shape index (κ2) is 3.81. The van der Waals surface area contributed by atoms with E-state index in [1.54, 1.807) is 20.8 Å². The van der Waals surface area contributed by atoms with Crippen molar-refractivity contribution in [2.24, 2.45) is 0 Å². The number of nitrogens with zero attached hydrogens (tertiary/aromatic N) is 1. The third kappa shape index (κ3) is 2.47. The fourth-order valence-electron chi connectivity index (χ4n) is 1.54. The van der Waals surface area contributed by atoms with Crippen LogP contribution in [0.25, 0.3) is 0 Å². The van der Waals surface area contributed by atoms with Crippen LogP contribution in [0, 0.1) is 0 Å². The molecule has 5 heteroatoms. The molecule has 0 radical (unpaired) electrons. The molecule has 0 bridgehead atoms. The second-order valence-corrected chi connectivity index (χ2v) is 4.72. The summed E-state index contributed by atoms with van der Waals surface area (Å²) in [5, 5.41) is 10.0. The zero-order chi connectivity index (χ0) is 11.7. The number of amides is 1. The second-order valence-electron chi connectivity index (χ2n) is 4.72. The van der Waals surface area contributed by atoms with Gasteiger partial charge in [0.1, 0.15) is 5.60 Å². The first-order valence-corrected chi connectivity index (χ1v) is 4.97. The Morgan fingerprint density at radius 3 is 2.60 bits per heavy atom. The van der Waals surface area contributed by atoms with Gasteiger partial charge >= 0.3 is 5.97 Å². The summed E-state index contributed by atoms with van der Waals surface area (Å²) in [4.78, 5) is 23.4. The predicted octanol–water partition coefficient (Wildman–Crippen LogP) is 0.269. The molecule has 0 aromatic carbocycles.